The summed E-state index contributed by atoms with van der Waals surface area (Å²) in [5.41, 5.74) is 0. The lowest BCUT2D eigenvalue weighted by molar-refractivity contribution is 0.0866. The van der Waals surface area contributed by atoms with Crippen molar-refractivity contribution in [1.82, 2.24) is 4.90 Å². The van der Waals surface area contributed by atoms with Gasteiger partial charge in [0.05, 0.1) is 6.10 Å². The molecule has 0 amide bonds. The van der Waals surface area contributed by atoms with Gasteiger partial charge in [0.1, 0.15) is 0 Å². The number of hydrogen-bond acceptors (Lipinski definition) is 2. The summed E-state index contributed by atoms with van der Waals surface area (Å²) >= 11 is 5.59. The Bertz CT molecular complexity index is 232. The van der Waals surface area contributed by atoms with Gasteiger partial charge in [0.25, 0.3) is 0 Å². The van der Waals surface area contributed by atoms with Gasteiger partial charge in [-0.25, -0.2) is 0 Å². The van der Waals surface area contributed by atoms with Gasteiger partial charge in [-0.3, -0.25) is 4.90 Å². The minimum absolute atomic E-state index is 0.0374. The van der Waals surface area contributed by atoms with E-state index in [0.717, 1.165) is 37.8 Å². The maximum Gasteiger partial charge on any atom is 0.0543 e. The van der Waals surface area contributed by atoms with Gasteiger partial charge in [-0.2, -0.15) is 0 Å². The molecule has 0 spiro atoms. The third-order valence-corrected chi connectivity index (χ3v) is 3.90. The summed E-state index contributed by atoms with van der Waals surface area (Å²) in [6.45, 7) is 3.40. The van der Waals surface area contributed by atoms with Gasteiger partial charge in [-0.1, -0.05) is 12.2 Å². The van der Waals surface area contributed by atoms with E-state index in [9.17, 15) is 5.11 Å². The van der Waals surface area contributed by atoms with Crippen molar-refractivity contribution in [2.75, 3.05) is 25.5 Å². The number of fused-ring (bicyclic) bond motifs is 1. The van der Waals surface area contributed by atoms with Crippen molar-refractivity contribution >= 4 is 11.6 Å². The molecule has 1 N–H and O–H groups in total. The number of halogens is 1. The maximum absolute atomic E-state index is 9.61. The van der Waals surface area contributed by atoms with E-state index in [1.54, 1.807) is 0 Å². The summed E-state index contributed by atoms with van der Waals surface area (Å²) < 4.78 is 0. The lowest BCUT2D eigenvalue weighted by Crippen LogP contribution is -2.26. The molecule has 3 atom stereocenters. The molecule has 1 aliphatic heterocycles. The average Bonchev–Trinajstić information content (AvgIpc) is 2.60. The first-order valence-corrected chi connectivity index (χ1v) is 6.44. The Morgan fingerprint density at radius 1 is 1.20 bits per heavy atom. The van der Waals surface area contributed by atoms with Crippen LogP contribution in [0.5, 0.6) is 0 Å². The maximum atomic E-state index is 9.61. The second-order valence-corrected chi connectivity index (χ2v) is 5.14. The fourth-order valence-corrected chi connectivity index (χ4v) is 3.07. The molecule has 1 aliphatic carbocycles. The van der Waals surface area contributed by atoms with Gasteiger partial charge >= 0.3 is 0 Å². The summed E-state index contributed by atoms with van der Waals surface area (Å²) in [6.07, 6.45) is 7.36. The Morgan fingerprint density at radius 2 is 2.00 bits per heavy atom. The molecule has 2 fully saturated rings. The van der Waals surface area contributed by atoms with E-state index in [1.165, 1.54) is 13.0 Å². The molecule has 0 bridgehead atoms. The van der Waals surface area contributed by atoms with Crippen LogP contribution in [0.25, 0.3) is 0 Å². The van der Waals surface area contributed by atoms with Crippen LogP contribution in [0.1, 0.15) is 19.3 Å². The number of likely N-dealkylation sites (tertiary alicyclic amines) is 1. The van der Waals surface area contributed by atoms with E-state index >= 15 is 0 Å². The summed E-state index contributed by atoms with van der Waals surface area (Å²) in [5, 5.41) is 9.61. The molecule has 2 rings (SSSR count). The first-order chi connectivity index (χ1) is 7.29. The zero-order valence-corrected chi connectivity index (χ0v) is 9.86. The van der Waals surface area contributed by atoms with E-state index in [2.05, 4.69) is 11.0 Å². The van der Waals surface area contributed by atoms with Crippen LogP contribution in [0.2, 0.25) is 0 Å². The van der Waals surface area contributed by atoms with Crippen molar-refractivity contribution in [3.8, 4) is 0 Å². The Balaban J connectivity index is 1.80. The van der Waals surface area contributed by atoms with E-state index in [0.29, 0.717) is 5.88 Å². The number of nitrogens with zero attached hydrogens (tertiary/aromatic N) is 1. The number of aliphatic hydroxyl groups excluding tert-OH is 1. The van der Waals surface area contributed by atoms with E-state index in [-0.39, 0.29) is 6.10 Å². The van der Waals surface area contributed by atoms with E-state index in [1.807, 2.05) is 6.08 Å². The molecule has 0 aromatic carbocycles. The molecule has 0 aromatic rings. The molecule has 2 aliphatic rings. The van der Waals surface area contributed by atoms with Crippen molar-refractivity contribution in [3.63, 3.8) is 0 Å². The lowest BCUT2D eigenvalue weighted by Gasteiger charge is -2.27. The number of alkyl halides is 1. The van der Waals surface area contributed by atoms with E-state index in [4.69, 9.17) is 11.6 Å². The minimum atomic E-state index is -0.0374. The summed E-state index contributed by atoms with van der Waals surface area (Å²) in [6, 6.07) is 0. The van der Waals surface area contributed by atoms with Gasteiger partial charge < -0.3 is 5.11 Å². The molecule has 1 saturated heterocycles. The highest BCUT2D eigenvalue weighted by molar-refractivity contribution is 6.18. The fourth-order valence-electron chi connectivity index (χ4n) is 2.94. The van der Waals surface area contributed by atoms with Crippen LogP contribution in [0, 0.1) is 11.8 Å². The molecular formula is C12H20ClNO. The smallest absolute Gasteiger partial charge is 0.0543 e. The van der Waals surface area contributed by atoms with Crippen LogP contribution in [-0.4, -0.2) is 41.6 Å². The molecule has 2 nitrogen and oxygen atoms in total. The van der Waals surface area contributed by atoms with Crippen molar-refractivity contribution in [3.05, 3.63) is 12.2 Å². The Kier molecular flexibility index (Phi) is 4.06. The second-order valence-electron chi connectivity index (χ2n) is 4.83. The van der Waals surface area contributed by atoms with Crippen LogP contribution >= 0.6 is 11.6 Å². The van der Waals surface area contributed by atoms with Gasteiger partial charge in [0.15, 0.2) is 0 Å². The van der Waals surface area contributed by atoms with Gasteiger partial charge in [0.2, 0.25) is 0 Å². The highest BCUT2D eigenvalue weighted by Crippen LogP contribution is 2.35. The third-order valence-electron chi connectivity index (χ3n) is 3.72. The van der Waals surface area contributed by atoms with Crippen molar-refractivity contribution in [2.45, 2.75) is 25.4 Å². The quantitative estimate of drug-likeness (QED) is 0.590. The monoisotopic (exact) mass is 229 g/mol. The number of allylic oxidation sites excluding steroid dienone is 1. The first kappa shape index (κ1) is 11.4. The molecular weight excluding hydrogens is 210 g/mol. The van der Waals surface area contributed by atoms with Gasteiger partial charge in [-0.15, -0.1) is 11.6 Å². The Morgan fingerprint density at radius 3 is 2.80 bits per heavy atom. The van der Waals surface area contributed by atoms with Gasteiger partial charge in [0, 0.05) is 25.5 Å². The number of rotatable bonds is 3. The third kappa shape index (κ3) is 2.96. The zero-order chi connectivity index (χ0) is 10.7. The Labute approximate surface area is 96.9 Å². The van der Waals surface area contributed by atoms with Crippen LogP contribution in [0.4, 0.5) is 0 Å². The number of hydrogen-bond donors (Lipinski definition) is 1. The zero-order valence-electron chi connectivity index (χ0n) is 9.11. The van der Waals surface area contributed by atoms with Crippen LogP contribution in [-0.2, 0) is 0 Å². The standard InChI is InChI=1S/C12H20ClNO/c13-5-1-2-6-14-8-10-3-4-12(15)7-11(10)9-14/h1-2,10-12,15H,3-9H2/b2-1+. The molecule has 3 heteroatoms. The Hall–Kier alpha value is -0.0500. The second kappa shape index (κ2) is 5.33. The fraction of sp³-hybridized carbons (Fsp3) is 0.833. The molecule has 1 heterocycles. The van der Waals surface area contributed by atoms with Crippen LogP contribution in [0.3, 0.4) is 0 Å². The van der Waals surface area contributed by atoms with Crippen molar-refractivity contribution in [2.24, 2.45) is 11.8 Å². The predicted octanol–water partition coefficient (Wildman–Crippen LogP) is 1.87. The highest BCUT2D eigenvalue weighted by Gasteiger charge is 2.36. The summed E-state index contributed by atoms with van der Waals surface area (Å²) in [4.78, 5) is 2.48. The molecule has 15 heavy (non-hydrogen) atoms. The van der Waals surface area contributed by atoms with Crippen LogP contribution in [0.15, 0.2) is 12.2 Å². The minimum Gasteiger partial charge on any atom is -0.393 e. The summed E-state index contributed by atoms with van der Waals surface area (Å²) in [7, 11) is 0. The molecule has 0 aromatic heterocycles. The number of aliphatic hydroxyl groups is 1. The average molecular weight is 230 g/mol. The van der Waals surface area contributed by atoms with E-state index < -0.39 is 0 Å². The van der Waals surface area contributed by atoms with Crippen molar-refractivity contribution in [1.29, 1.82) is 0 Å². The largest absolute Gasteiger partial charge is 0.393 e. The normalized spacial score (nSPS) is 37.3. The summed E-state index contributed by atoms with van der Waals surface area (Å²) in [5.74, 6) is 2.18. The molecule has 1 saturated carbocycles. The first-order valence-electron chi connectivity index (χ1n) is 5.91. The predicted molar refractivity (Wildman–Crippen MR) is 63.1 cm³/mol. The van der Waals surface area contributed by atoms with Crippen molar-refractivity contribution < 1.29 is 5.11 Å². The van der Waals surface area contributed by atoms with Gasteiger partial charge in [-0.05, 0) is 31.1 Å². The molecule has 86 valence electrons. The van der Waals surface area contributed by atoms with Crippen LogP contribution < -0.4 is 0 Å². The topological polar surface area (TPSA) is 23.5 Å². The highest BCUT2D eigenvalue weighted by atomic mass is 35.5. The lowest BCUT2D eigenvalue weighted by atomic mass is 9.80. The molecule has 0 radical (unpaired) electrons. The molecule has 3 unspecified atom stereocenters. The SMILES string of the molecule is OC1CCC2CN(C/C=C/CCl)CC2C1.